The summed E-state index contributed by atoms with van der Waals surface area (Å²) < 4.78 is 24.3. The number of carbonyl (C=O) groups is 3. The Hall–Kier alpha value is -2.33. The molecule has 0 aromatic rings. The zero-order chi connectivity index (χ0) is 16.9. The number of hydrogen-bond acceptors (Lipinski definition) is 8. The van der Waals surface area contributed by atoms with E-state index in [0.717, 1.165) is 6.08 Å². The van der Waals surface area contributed by atoms with Crippen LogP contribution in [0.1, 0.15) is 0 Å². The molecule has 10 heteroatoms. The Morgan fingerprint density at radius 3 is 2.30 bits per heavy atom. The lowest BCUT2D eigenvalue weighted by molar-refractivity contribution is -0.157. The van der Waals surface area contributed by atoms with Gasteiger partial charge in [-0.25, -0.2) is 14.4 Å². The van der Waals surface area contributed by atoms with Crippen molar-refractivity contribution < 1.29 is 38.1 Å². The van der Waals surface area contributed by atoms with Gasteiger partial charge in [0, 0.05) is 6.08 Å². The summed E-state index contributed by atoms with van der Waals surface area (Å²) in [4.78, 5) is 33.4. The standard InChI is InChI=1S/C13H20N2O8/c1-2-11(16)21-5-3-14-12(17)15-4-6-22-13(18)23-10-7-19-9-20-8-10/h2,10H,1,3-9H2,(H2,14,15,17). The molecule has 0 aliphatic carbocycles. The SMILES string of the molecule is C=CC(=O)OCCNC(=O)NCCOC(=O)OC1COCOC1. The number of rotatable bonds is 8. The smallest absolute Gasteiger partial charge is 0.461 e. The van der Waals surface area contributed by atoms with Crippen LogP contribution in [0.15, 0.2) is 12.7 Å². The number of amides is 2. The fourth-order valence-corrected chi connectivity index (χ4v) is 1.44. The van der Waals surface area contributed by atoms with Gasteiger partial charge in [0.15, 0.2) is 6.10 Å². The molecule has 0 saturated carbocycles. The summed E-state index contributed by atoms with van der Waals surface area (Å²) in [7, 11) is 0. The molecule has 1 saturated heterocycles. The molecule has 0 unspecified atom stereocenters. The molecule has 1 fully saturated rings. The molecular formula is C13H20N2O8. The highest BCUT2D eigenvalue weighted by Gasteiger charge is 2.19. The summed E-state index contributed by atoms with van der Waals surface area (Å²) in [6, 6.07) is -0.481. The van der Waals surface area contributed by atoms with Crippen LogP contribution in [0, 0.1) is 0 Å². The molecule has 23 heavy (non-hydrogen) atoms. The van der Waals surface area contributed by atoms with Gasteiger partial charge >= 0.3 is 18.2 Å². The Kier molecular flexibility index (Phi) is 9.17. The van der Waals surface area contributed by atoms with E-state index < -0.39 is 24.3 Å². The van der Waals surface area contributed by atoms with Gasteiger partial charge in [-0.1, -0.05) is 6.58 Å². The van der Waals surface area contributed by atoms with E-state index in [2.05, 4.69) is 21.9 Å². The van der Waals surface area contributed by atoms with Crippen LogP contribution in [0.5, 0.6) is 0 Å². The topological polar surface area (TPSA) is 121 Å². The highest BCUT2D eigenvalue weighted by Crippen LogP contribution is 2.02. The van der Waals surface area contributed by atoms with E-state index in [0.29, 0.717) is 0 Å². The van der Waals surface area contributed by atoms with Gasteiger partial charge in [-0.2, -0.15) is 0 Å². The third kappa shape index (κ3) is 9.32. The van der Waals surface area contributed by atoms with Crippen molar-refractivity contribution in [1.29, 1.82) is 0 Å². The summed E-state index contributed by atoms with van der Waals surface area (Å²) in [6.07, 6.45) is -0.323. The molecule has 1 aliphatic heterocycles. The Morgan fingerprint density at radius 2 is 1.70 bits per heavy atom. The van der Waals surface area contributed by atoms with E-state index in [1.54, 1.807) is 0 Å². The predicted molar refractivity (Wildman–Crippen MR) is 75.5 cm³/mol. The fourth-order valence-electron chi connectivity index (χ4n) is 1.44. The first-order valence-electron chi connectivity index (χ1n) is 6.91. The molecule has 0 atom stereocenters. The van der Waals surface area contributed by atoms with Crippen LogP contribution in [0.2, 0.25) is 0 Å². The second-order valence-corrected chi connectivity index (χ2v) is 4.25. The predicted octanol–water partition coefficient (Wildman–Crippen LogP) is -0.459. The zero-order valence-corrected chi connectivity index (χ0v) is 12.6. The lowest BCUT2D eigenvalue weighted by Crippen LogP contribution is -2.39. The van der Waals surface area contributed by atoms with Gasteiger partial charge in [-0.15, -0.1) is 0 Å². The Labute approximate surface area is 133 Å². The van der Waals surface area contributed by atoms with Gasteiger partial charge in [-0.05, 0) is 0 Å². The number of esters is 1. The molecule has 0 aromatic carbocycles. The highest BCUT2D eigenvalue weighted by molar-refractivity contribution is 5.81. The van der Waals surface area contributed by atoms with Gasteiger partial charge in [0.25, 0.3) is 0 Å². The molecule has 2 amide bonds. The van der Waals surface area contributed by atoms with Crippen LogP contribution in [-0.4, -0.2) is 70.6 Å². The summed E-state index contributed by atoms with van der Waals surface area (Å²) in [5.74, 6) is -0.562. The minimum absolute atomic E-state index is 0.0344. The first-order chi connectivity index (χ1) is 11.1. The Morgan fingerprint density at radius 1 is 1.09 bits per heavy atom. The average Bonchev–Trinajstić information content (AvgIpc) is 2.56. The lowest BCUT2D eigenvalue weighted by Gasteiger charge is -2.21. The Balaban J connectivity index is 1.96. The van der Waals surface area contributed by atoms with E-state index >= 15 is 0 Å². The first kappa shape index (κ1) is 18.7. The van der Waals surface area contributed by atoms with Crippen molar-refractivity contribution in [3.05, 3.63) is 12.7 Å². The average molecular weight is 332 g/mol. The zero-order valence-electron chi connectivity index (χ0n) is 12.6. The number of ether oxygens (including phenoxy) is 5. The lowest BCUT2D eigenvalue weighted by atomic mass is 10.4. The second-order valence-electron chi connectivity index (χ2n) is 4.25. The van der Waals surface area contributed by atoms with Crippen molar-refractivity contribution in [3.8, 4) is 0 Å². The molecule has 1 aliphatic rings. The third-order valence-corrected chi connectivity index (χ3v) is 2.44. The molecule has 0 bridgehead atoms. The maximum absolute atomic E-state index is 11.3. The fraction of sp³-hybridized carbons (Fsp3) is 0.615. The van der Waals surface area contributed by atoms with Gasteiger partial charge in [-0.3, -0.25) is 0 Å². The van der Waals surface area contributed by atoms with Crippen LogP contribution in [0.25, 0.3) is 0 Å². The number of hydrogen-bond donors (Lipinski definition) is 2. The van der Waals surface area contributed by atoms with Crippen LogP contribution >= 0.6 is 0 Å². The second kappa shape index (κ2) is 11.3. The third-order valence-electron chi connectivity index (χ3n) is 2.44. The molecule has 0 aromatic heterocycles. The minimum atomic E-state index is -0.859. The normalized spacial score (nSPS) is 14.4. The maximum Gasteiger partial charge on any atom is 0.508 e. The molecule has 2 N–H and O–H groups in total. The first-order valence-corrected chi connectivity index (χ1v) is 6.91. The number of nitrogens with one attached hydrogen (secondary N) is 2. The summed E-state index contributed by atoms with van der Waals surface area (Å²) in [6.45, 7) is 4.17. The minimum Gasteiger partial charge on any atom is -0.461 e. The quantitative estimate of drug-likeness (QED) is 0.348. The van der Waals surface area contributed by atoms with Crippen molar-refractivity contribution in [2.75, 3.05) is 46.3 Å². The van der Waals surface area contributed by atoms with E-state index in [4.69, 9.17) is 18.9 Å². The highest BCUT2D eigenvalue weighted by atomic mass is 16.8. The molecule has 1 heterocycles. The molecule has 0 spiro atoms. The van der Waals surface area contributed by atoms with Gasteiger partial charge in [0.2, 0.25) is 0 Å². The van der Waals surface area contributed by atoms with Crippen molar-refractivity contribution in [1.82, 2.24) is 10.6 Å². The molecule has 0 radical (unpaired) electrons. The molecule has 10 nitrogen and oxygen atoms in total. The van der Waals surface area contributed by atoms with Gasteiger partial charge in [0.1, 0.15) is 20.0 Å². The van der Waals surface area contributed by atoms with E-state index in [-0.39, 0.29) is 46.3 Å². The maximum atomic E-state index is 11.3. The van der Waals surface area contributed by atoms with E-state index in [1.807, 2.05) is 0 Å². The van der Waals surface area contributed by atoms with E-state index in [9.17, 15) is 14.4 Å². The van der Waals surface area contributed by atoms with Crippen LogP contribution in [-0.2, 0) is 28.5 Å². The summed E-state index contributed by atoms with van der Waals surface area (Å²) in [5, 5.41) is 4.90. The van der Waals surface area contributed by atoms with Crippen molar-refractivity contribution in [3.63, 3.8) is 0 Å². The Bertz CT molecular complexity index is 409. The van der Waals surface area contributed by atoms with Gasteiger partial charge < -0.3 is 34.3 Å². The summed E-state index contributed by atoms with van der Waals surface area (Å²) >= 11 is 0. The van der Waals surface area contributed by atoms with Crippen molar-refractivity contribution in [2.45, 2.75) is 6.10 Å². The van der Waals surface area contributed by atoms with E-state index in [1.165, 1.54) is 0 Å². The molecule has 130 valence electrons. The monoisotopic (exact) mass is 332 g/mol. The van der Waals surface area contributed by atoms with Crippen molar-refractivity contribution in [2.24, 2.45) is 0 Å². The molecule has 1 rings (SSSR count). The largest absolute Gasteiger partial charge is 0.508 e. The molecular weight excluding hydrogens is 312 g/mol. The van der Waals surface area contributed by atoms with Crippen molar-refractivity contribution >= 4 is 18.2 Å². The number of carbonyl (C=O) groups excluding carboxylic acids is 3. The van der Waals surface area contributed by atoms with Crippen LogP contribution in [0.3, 0.4) is 0 Å². The van der Waals surface area contributed by atoms with Crippen LogP contribution < -0.4 is 10.6 Å². The van der Waals surface area contributed by atoms with Crippen LogP contribution in [0.4, 0.5) is 9.59 Å². The number of urea groups is 1. The van der Waals surface area contributed by atoms with Gasteiger partial charge in [0.05, 0.1) is 26.3 Å². The summed E-state index contributed by atoms with van der Waals surface area (Å²) in [5.41, 5.74) is 0.